The van der Waals surface area contributed by atoms with E-state index in [2.05, 4.69) is 29.2 Å². The average molecular weight is 506 g/mol. The third kappa shape index (κ3) is 8.76. The van der Waals surface area contributed by atoms with Gasteiger partial charge in [-0.2, -0.15) is 5.10 Å². The van der Waals surface area contributed by atoms with E-state index in [1.807, 2.05) is 34.1 Å². The summed E-state index contributed by atoms with van der Waals surface area (Å²) in [4.78, 5) is 43.6. The highest BCUT2D eigenvalue weighted by Gasteiger charge is 2.31. The molecule has 3 atom stereocenters. The first kappa shape index (κ1) is 28.5. The van der Waals surface area contributed by atoms with E-state index in [1.165, 1.54) is 18.3 Å². The molecule has 9 nitrogen and oxygen atoms in total. The maximum Gasteiger partial charge on any atom is 0.303 e. The lowest BCUT2D eigenvalue weighted by molar-refractivity contribution is -0.148. The Bertz CT molecular complexity index is 986. The highest BCUT2D eigenvalue weighted by Crippen LogP contribution is 2.30. The molecule has 2 heterocycles. The van der Waals surface area contributed by atoms with Crippen molar-refractivity contribution in [3.05, 3.63) is 34.0 Å². The van der Waals surface area contributed by atoms with Gasteiger partial charge in [-0.15, -0.1) is 11.3 Å². The van der Waals surface area contributed by atoms with Gasteiger partial charge in [-0.1, -0.05) is 34.1 Å². The normalized spacial score (nSPS) is 13.8. The number of aromatic nitrogens is 3. The van der Waals surface area contributed by atoms with Gasteiger partial charge in [0, 0.05) is 58.0 Å². The third-order valence-corrected chi connectivity index (χ3v) is 7.07. The fourth-order valence-corrected chi connectivity index (χ4v) is 4.66. The minimum atomic E-state index is -0.638. The molecular weight excluding hydrogens is 466 g/mol. The number of carbonyl (C=O) groups excluding carboxylic acids is 3. The molecular formula is C25H39N5O4S. The van der Waals surface area contributed by atoms with Gasteiger partial charge in [0.1, 0.15) is 10.7 Å². The van der Waals surface area contributed by atoms with E-state index in [0.717, 1.165) is 12.0 Å². The number of ether oxygens (including phenoxy) is 1. The Morgan fingerprint density at radius 1 is 1.26 bits per heavy atom. The van der Waals surface area contributed by atoms with E-state index in [-0.39, 0.29) is 29.5 Å². The molecule has 0 aromatic carbocycles. The Morgan fingerprint density at radius 3 is 2.54 bits per heavy atom. The van der Waals surface area contributed by atoms with Crippen LogP contribution in [0.3, 0.4) is 0 Å². The molecule has 0 aliphatic heterocycles. The van der Waals surface area contributed by atoms with Crippen LogP contribution < -0.4 is 5.32 Å². The second kappa shape index (κ2) is 13.4. The first-order valence-electron chi connectivity index (χ1n) is 12.2. The number of hydrogen-bond acceptors (Lipinski definition) is 7. The van der Waals surface area contributed by atoms with E-state index in [1.54, 1.807) is 21.2 Å². The second-order valence-electron chi connectivity index (χ2n) is 9.47. The van der Waals surface area contributed by atoms with Gasteiger partial charge in [0.2, 0.25) is 5.91 Å². The van der Waals surface area contributed by atoms with Crippen LogP contribution in [0.15, 0.2) is 17.8 Å². The van der Waals surface area contributed by atoms with Crippen LogP contribution in [0, 0.1) is 11.8 Å². The van der Waals surface area contributed by atoms with Crippen molar-refractivity contribution in [3.63, 3.8) is 0 Å². The largest absolute Gasteiger partial charge is 0.455 e. The molecule has 0 aliphatic carbocycles. The molecule has 0 bridgehead atoms. The zero-order valence-electron chi connectivity index (χ0n) is 21.9. The Hall–Kier alpha value is -2.75. The van der Waals surface area contributed by atoms with Gasteiger partial charge in [-0.3, -0.25) is 19.1 Å². The summed E-state index contributed by atoms with van der Waals surface area (Å²) < 4.78 is 7.33. The smallest absolute Gasteiger partial charge is 0.303 e. The predicted molar refractivity (Wildman–Crippen MR) is 136 cm³/mol. The quantitative estimate of drug-likeness (QED) is 0.416. The molecule has 0 radical (unpaired) electrons. The Balaban J connectivity index is 2.09. The molecule has 0 saturated carbocycles. The van der Waals surface area contributed by atoms with Crippen molar-refractivity contribution in [3.8, 4) is 0 Å². The van der Waals surface area contributed by atoms with Crippen LogP contribution in [0.5, 0.6) is 0 Å². The SMILES string of the molecule is CC[C@H](C)CC(=O)N(C)[C@H](C[C@@H](OC(C)=O)c1nc(C(=O)NCCc2cnn(C)c2)cs1)C(C)C. The van der Waals surface area contributed by atoms with Gasteiger partial charge in [0.05, 0.1) is 6.20 Å². The molecule has 0 spiro atoms. The first-order valence-corrected chi connectivity index (χ1v) is 13.0. The van der Waals surface area contributed by atoms with Gasteiger partial charge in [-0.25, -0.2) is 4.98 Å². The van der Waals surface area contributed by atoms with E-state index in [0.29, 0.717) is 36.7 Å². The number of amides is 2. The van der Waals surface area contributed by atoms with Crippen LogP contribution in [0.4, 0.5) is 0 Å². The number of esters is 1. The van der Waals surface area contributed by atoms with Gasteiger partial charge < -0.3 is 15.0 Å². The third-order valence-electron chi connectivity index (χ3n) is 6.13. The maximum atomic E-state index is 12.8. The minimum Gasteiger partial charge on any atom is -0.455 e. The van der Waals surface area contributed by atoms with E-state index in [9.17, 15) is 14.4 Å². The van der Waals surface area contributed by atoms with Crippen molar-refractivity contribution in [2.75, 3.05) is 13.6 Å². The highest BCUT2D eigenvalue weighted by molar-refractivity contribution is 7.09. The molecule has 10 heteroatoms. The van der Waals surface area contributed by atoms with Gasteiger partial charge in [0.25, 0.3) is 5.91 Å². The lowest BCUT2D eigenvalue weighted by Crippen LogP contribution is -2.42. The van der Waals surface area contributed by atoms with Crippen LogP contribution in [-0.4, -0.2) is 57.1 Å². The fraction of sp³-hybridized carbons (Fsp3) is 0.640. The summed E-state index contributed by atoms with van der Waals surface area (Å²) in [5.74, 6) is -0.176. The maximum absolute atomic E-state index is 12.8. The van der Waals surface area contributed by atoms with E-state index < -0.39 is 12.1 Å². The summed E-state index contributed by atoms with van der Waals surface area (Å²) in [6, 6.07) is -0.142. The Morgan fingerprint density at radius 2 is 1.97 bits per heavy atom. The van der Waals surface area contributed by atoms with Gasteiger partial charge >= 0.3 is 5.97 Å². The number of nitrogens with zero attached hydrogens (tertiary/aromatic N) is 4. The lowest BCUT2D eigenvalue weighted by atomic mass is 9.95. The summed E-state index contributed by atoms with van der Waals surface area (Å²) in [6.07, 6.45) is 5.54. The van der Waals surface area contributed by atoms with Crippen molar-refractivity contribution in [2.24, 2.45) is 18.9 Å². The standard InChI is InChI=1S/C25H39N5O4S/c1-8-17(4)11-23(32)30(7)21(16(2)3)12-22(34-18(5)31)25-28-20(15-35-25)24(33)26-10-9-19-13-27-29(6)14-19/h13-17,21-22H,8-12H2,1-7H3,(H,26,33)/t17-,21+,22+/m0/s1. The van der Waals surface area contributed by atoms with Gasteiger partial charge in [-0.05, 0) is 23.8 Å². The van der Waals surface area contributed by atoms with Crippen molar-refractivity contribution >= 4 is 29.1 Å². The van der Waals surface area contributed by atoms with Crippen molar-refractivity contribution in [1.82, 2.24) is 25.0 Å². The minimum absolute atomic E-state index is 0.0763. The summed E-state index contributed by atoms with van der Waals surface area (Å²) in [5.41, 5.74) is 1.32. The molecule has 35 heavy (non-hydrogen) atoms. The number of nitrogens with one attached hydrogen (secondary N) is 1. The van der Waals surface area contributed by atoms with Crippen LogP contribution >= 0.6 is 11.3 Å². The molecule has 0 unspecified atom stereocenters. The zero-order valence-corrected chi connectivity index (χ0v) is 22.7. The van der Waals surface area contributed by atoms with Crippen LogP contribution in [-0.2, 0) is 27.8 Å². The number of hydrogen-bond donors (Lipinski definition) is 1. The molecule has 2 aromatic heterocycles. The van der Waals surface area contributed by atoms with E-state index >= 15 is 0 Å². The molecule has 2 aromatic rings. The molecule has 1 N–H and O–H groups in total. The molecule has 2 amide bonds. The fourth-order valence-electron chi connectivity index (χ4n) is 3.82. The van der Waals surface area contributed by atoms with E-state index in [4.69, 9.17) is 4.74 Å². The summed E-state index contributed by atoms with van der Waals surface area (Å²) in [5, 5.41) is 9.22. The summed E-state index contributed by atoms with van der Waals surface area (Å²) in [6.45, 7) is 10.1. The number of thiazole rings is 1. The number of aryl methyl sites for hydroxylation is 1. The van der Waals surface area contributed by atoms with Crippen LogP contribution in [0.2, 0.25) is 0 Å². The highest BCUT2D eigenvalue weighted by atomic mass is 32.1. The van der Waals surface area contributed by atoms with Crippen molar-refractivity contribution in [1.29, 1.82) is 0 Å². The molecule has 0 aliphatic rings. The average Bonchev–Trinajstić information content (AvgIpc) is 3.44. The second-order valence-corrected chi connectivity index (χ2v) is 10.4. The number of carbonyl (C=O) groups is 3. The Labute approximate surface area is 212 Å². The molecule has 0 saturated heterocycles. The lowest BCUT2D eigenvalue weighted by Gasteiger charge is -2.34. The predicted octanol–water partition coefficient (Wildman–Crippen LogP) is 3.76. The molecule has 0 fully saturated rings. The Kier molecular flexibility index (Phi) is 10.9. The number of rotatable bonds is 13. The zero-order chi connectivity index (χ0) is 26.1. The molecule has 2 rings (SSSR count). The first-order chi connectivity index (χ1) is 16.5. The van der Waals surface area contributed by atoms with Crippen molar-refractivity contribution in [2.45, 2.75) is 72.4 Å². The van der Waals surface area contributed by atoms with Gasteiger partial charge in [0.15, 0.2) is 6.10 Å². The summed E-state index contributed by atoms with van der Waals surface area (Å²) in [7, 11) is 3.66. The topological polar surface area (TPSA) is 106 Å². The van der Waals surface area contributed by atoms with Crippen molar-refractivity contribution < 1.29 is 19.1 Å². The van der Waals surface area contributed by atoms with Crippen LogP contribution in [0.1, 0.15) is 81.0 Å². The summed E-state index contributed by atoms with van der Waals surface area (Å²) >= 11 is 1.28. The molecule has 194 valence electrons. The monoisotopic (exact) mass is 505 g/mol. The van der Waals surface area contributed by atoms with Crippen LogP contribution in [0.25, 0.3) is 0 Å².